The predicted octanol–water partition coefficient (Wildman–Crippen LogP) is 4.02. The van der Waals surface area contributed by atoms with Gasteiger partial charge in [-0.3, -0.25) is 9.36 Å². The van der Waals surface area contributed by atoms with Gasteiger partial charge in [0.1, 0.15) is 5.82 Å². The number of aromatic nitrogens is 4. The van der Waals surface area contributed by atoms with Gasteiger partial charge in [0.15, 0.2) is 11.2 Å². The van der Waals surface area contributed by atoms with Gasteiger partial charge in [-0.15, -0.1) is 0 Å². The van der Waals surface area contributed by atoms with E-state index in [9.17, 15) is 4.79 Å². The molecule has 0 saturated heterocycles. The van der Waals surface area contributed by atoms with Crippen LogP contribution < -0.4 is 5.56 Å². The van der Waals surface area contributed by atoms with Crippen LogP contribution in [-0.2, 0) is 13.5 Å². The highest BCUT2D eigenvalue weighted by atomic mass is 35.5. The summed E-state index contributed by atoms with van der Waals surface area (Å²) in [5.74, 6) is 0.585. The molecule has 0 radical (unpaired) electrons. The third-order valence-corrected chi connectivity index (χ3v) is 4.82. The van der Waals surface area contributed by atoms with Crippen LogP contribution in [0.2, 0.25) is 10.0 Å². The molecular formula is C19H14Cl2N4O. The molecule has 4 rings (SSSR count). The van der Waals surface area contributed by atoms with Crippen molar-refractivity contribution in [3.63, 3.8) is 0 Å². The lowest BCUT2D eigenvalue weighted by molar-refractivity contribution is 0.832. The molecule has 0 spiro atoms. The Balaban J connectivity index is 1.98. The summed E-state index contributed by atoms with van der Waals surface area (Å²) in [6.45, 7) is 0. The molecule has 0 bridgehead atoms. The van der Waals surface area contributed by atoms with Crippen LogP contribution in [-0.4, -0.2) is 19.1 Å². The molecule has 0 N–H and O–H groups in total. The zero-order chi connectivity index (χ0) is 18.3. The first-order valence-corrected chi connectivity index (χ1v) is 8.72. The van der Waals surface area contributed by atoms with Crippen LogP contribution in [0.1, 0.15) is 11.4 Å². The van der Waals surface area contributed by atoms with Crippen LogP contribution in [0, 0.1) is 0 Å². The number of aryl methyl sites for hydroxylation is 1. The van der Waals surface area contributed by atoms with Crippen LogP contribution >= 0.6 is 23.2 Å². The molecule has 4 aromatic rings. The quantitative estimate of drug-likeness (QED) is 0.535. The first kappa shape index (κ1) is 16.8. The molecule has 0 aliphatic rings. The molecule has 0 unspecified atom stereocenters. The van der Waals surface area contributed by atoms with Gasteiger partial charge in [0.05, 0.1) is 12.0 Å². The number of hydrogen-bond donors (Lipinski definition) is 0. The molecule has 2 aromatic heterocycles. The number of imidazole rings is 1. The Kier molecular flexibility index (Phi) is 4.26. The number of rotatable bonds is 3. The second-order valence-corrected chi connectivity index (χ2v) is 6.78. The van der Waals surface area contributed by atoms with Crippen molar-refractivity contribution < 1.29 is 0 Å². The lowest BCUT2D eigenvalue weighted by Gasteiger charge is -2.13. The van der Waals surface area contributed by atoms with Crippen molar-refractivity contribution in [3.05, 3.63) is 86.6 Å². The molecule has 0 amide bonds. The van der Waals surface area contributed by atoms with E-state index in [1.165, 1.54) is 0 Å². The minimum Gasteiger partial charge on any atom is -0.318 e. The summed E-state index contributed by atoms with van der Waals surface area (Å²) in [4.78, 5) is 22.0. The van der Waals surface area contributed by atoms with Crippen LogP contribution in [0.15, 0.2) is 59.7 Å². The fourth-order valence-corrected chi connectivity index (χ4v) is 3.22. The van der Waals surface area contributed by atoms with E-state index in [1.807, 2.05) is 31.3 Å². The highest BCUT2D eigenvalue weighted by Crippen LogP contribution is 2.21. The average Bonchev–Trinajstić information content (AvgIpc) is 3.00. The molecular weight excluding hydrogens is 371 g/mol. The van der Waals surface area contributed by atoms with E-state index >= 15 is 0 Å². The summed E-state index contributed by atoms with van der Waals surface area (Å²) in [7, 11) is 1.81. The van der Waals surface area contributed by atoms with E-state index in [1.54, 1.807) is 39.7 Å². The Morgan fingerprint density at radius 1 is 1.04 bits per heavy atom. The molecule has 0 saturated carbocycles. The summed E-state index contributed by atoms with van der Waals surface area (Å²) in [5, 5.41) is 1.23. The van der Waals surface area contributed by atoms with E-state index in [-0.39, 0.29) is 5.56 Å². The average molecular weight is 385 g/mol. The molecule has 2 aromatic carbocycles. The van der Waals surface area contributed by atoms with Crippen molar-refractivity contribution in [2.45, 2.75) is 6.42 Å². The van der Waals surface area contributed by atoms with Crippen molar-refractivity contribution in [1.29, 1.82) is 0 Å². The molecule has 0 aliphatic carbocycles. The van der Waals surface area contributed by atoms with Gasteiger partial charge in [-0.05, 0) is 35.9 Å². The van der Waals surface area contributed by atoms with Crippen molar-refractivity contribution >= 4 is 34.4 Å². The monoisotopic (exact) mass is 384 g/mol. The number of hydrogen-bond acceptors (Lipinski definition) is 3. The van der Waals surface area contributed by atoms with Crippen molar-refractivity contribution in [1.82, 2.24) is 19.1 Å². The third-order valence-electron chi connectivity index (χ3n) is 4.20. The van der Waals surface area contributed by atoms with Gasteiger partial charge in [-0.2, -0.15) is 0 Å². The summed E-state index contributed by atoms with van der Waals surface area (Å²) < 4.78 is 3.30. The minimum atomic E-state index is -0.222. The molecule has 7 heteroatoms. The number of benzene rings is 2. The molecule has 5 nitrogen and oxygen atoms in total. The Labute approximate surface area is 159 Å². The molecule has 0 fully saturated rings. The fourth-order valence-electron chi connectivity index (χ4n) is 2.89. The maximum Gasteiger partial charge on any atom is 0.286 e. The minimum absolute atomic E-state index is 0.222. The van der Waals surface area contributed by atoms with E-state index < -0.39 is 0 Å². The third kappa shape index (κ3) is 2.89. The maximum absolute atomic E-state index is 13.1. The molecule has 2 heterocycles. The Hall–Kier alpha value is -2.63. The second-order valence-electron chi connectivity index (χ2n) is 5.94. The van der Waals surface area contributed by atoms with Gasteiger partial charge in [0, 0.05) is 23.5 Å². The van der Waals surface area contributed by atoms with E-state index in [0.717, 1.165) is 5.56 Å². The topological polar surface area (TPSA) is 52.7 Å². The van der Waals surface area contributed by atoms with Gasteiger partial charge >= 0.3 is 0 Å². The Morgan fingerprint density at radius 2 is 1.77 bits per heavy atom. The first-order valence-electron chi connectivity index (χ1n) is 7.97. The zero-order valence-corrected chi connectivity index (χ0v) is 15.4. The summed E-state index contributed by atoms with van der Waals surface area (Å²) in [5.41, 5.74) is 2.22. The standard InChI is InChI=1S/C19H14Cl2N4O/c1-24-11-22-17-18(24)23-16(10-12-4-2-3-5-15(12)21)25(19(17)26)14-8-6-13(20)7-9-14/h2-9,11H,10H2,1H3. The van der Waals surface area contributed by atoms with Crippen LogP contribution in [0.5, 0.6) is 0 Å². The van der Waals surface area contributed by atoms with Gasteiger partial charge < -0.3 is 4.57 Å². The van der Waals surface area contributed by atoms with Crippen LogP contribution in [0.4, 0.5) is 0 Å². The highest BCUT2D eigenvalue weighted by molar-refractivity contribution is 6.31. The lowest BCUT2D eigenvalue weighted by atomic mass is 10.1. The fraction of sp³-hybridized carbons (Fsp3) is 0.105. The molecule has 0 atom stereocenters. The Morgan fingerprint density at radius 3 is 2.50 bits per heavy atom. The normalized spacial score (nSPS) is 11.2. The van der Waals surface area contributed by atoms with Gasteiger partial charge in [-0.25, -0.2) is 9.97 Å². The highest BCUT2D eigenvalue weighted by Gasteiger charge is 2.17. The van der Waals surface area contributed by atoms with Gasteiger partial charge in [0.2, 0.25) is 0 Å². The molecule has 0 aliphatic heterocycles. The van der Waals surface area contributed by atoms with E-state index in [0.29, 0.717) is 39.1 Å². The second kappa shape index (κ2) is 6.59. The molecule has 130 valence electrons. The number of nitrogens with zero attached hydrogens (tertiary/aromatic N) is 4. The van der Waals surface area contributed by atoms with Crippen LogP contribution in [0.25, 0.3) is 16.9 Å². The van der Waals surface area contributed by atoms with Crippen molar-refractivity contribution in [3.8, 4) is 5.69 Å². The van der Waals surface area contributed by atoms with Gasteiger partial charge in [-0.1, -0.05) is 41.4 Å². The SMILES string of the molecule is Cn1cnc2c(=O)n(-c3ccc(Cl)cc3)c(Cc3ccccc3Cl)nc21. The zero-order valence-electron chi connectivity index (χ0n) is 13.9. The Bertz CT molecular complexity index is 1160. The van der Waals surface area contributed by atoms with Gasteiger partial charge in [0.25, 0.3) is 5.56 Å². The smallest absolute Gasteiger partial charge is 0.286 e. The van der Waals surface area contributed by atoms with E-state index in [2.05, 4.69) is 4.98 Å². The van der Waals surface area contributed by atoms with Crippen molar-refractivity contribution in [2.75, 3.05) is 0 Å². The first-order chi connectivity index (χ1) is 12.5. The number of fused-ring (bicyclic) bond motifs is 1. The maximum atomic E-state index is 13.1. The largest absolute Gasteiger partial charge is 0.318 e. The molecule has 26 heavy (non-hydrogen) atoms. The summed E-state index contributed by atoms with van der Waals surface area (Å²) in [6, 6.07) is 14.6. The van der Waals surface area contributed by atoms with Crippen LogP contribution in [0.3, 0.4) is 0 Å². The van der Waals surface area contributed by atoms with Crippen molar-refractivity contribution in [2.24, 2.45) is 7.05 Å². The number of halogens is 2. The van der Waals surface area contributed by atoms with E-state index in [4.69, 9.17) is 28.2 Å². The summed E-state index contributed by atoms with van der Waals surface area (Å²) in [6.07, 6.45) is 2.00. The lowest BCUT2D eigenvalue weighted by Crippen LogP contribution is -2.24. The predicted molar refractivity (Wildman–Crippen MR) is 103 cm³/mol. The summed E-state index contributed by atoms with van der Waals surface area (Å²) >= 11 is 12.3.